The number of para-hydroxylation sites is 1. The van der Waals surface area contributed by atoms with Gasteiger partial charge in [0.05, 0.1) is 17.9 Å². The minimum Gasteiger partial charge on any atom is -0.463 e. The number of allylic oxidation sites excluding steroid dienone is 1. The number of amidine groups is 1. The van der Waals surface area contributed by atoms with Crippen LogP contribution in [0.25, 0.3) is 0 Å². The highest BCUT2D eigenvalue weighted by atomic mass is 32.2. The zero-order valence-corrected chi connectivity index (χ0v) is 22.3. The number of rotatable bonds is 7. The van der Waals surface area contributed by atoms with Gasteiger partial charge < -0.3 is 10.1 Å². The van der Waals surface area contributed by atoms with E-state index in [-0.39, 0.29) is 18.3 Å². The molecule has 0 unspecified atom stereocenters. The highest BCUT2D eigenvalue weighted by Gasteiger charge is 2.35. The van der Waals surface area contributed by atoms with E-state index in [0.717, 1.165) is 28.2 Å². The summed E-state index contributed by atoms with van der Waals surface area (Å²) < 4.78 is 5.44. The van der Waals surface area contributed by atoms with Crippen molar-refractivity contribution in [3.8, 4) is 0 Å². The molecule has 3 aromatic carbocycles. The molecule has 1 aliphatic rings. The third-order valence-electron chi connectivity index (χ3n) is 6.18. The van der Waals surface area contributed by atoms with E-state index in [0.29, 0.717) is 10.7 Å². The summed E-state index contributed by atoms with van der Waals surface area (Å²) in [5.41, 5.74) is 6.02. The van der Waals surface area contributed by atoms with Crippen LogP contribution in [-0.2, 0) is 14.3 Å². The fourth-order valence-electron chi connectivity index (χ4n) is 4.17. The van der Waals surface area contributed by atoms with E-state index in [1.807, 2.05) is 105 Å². The van der Waals surface area contributed by atoms with Crippen LogP contribution in [0.4, 0.5) is 11.4 Å². The first-order valence-corrected chi connectivity index (χ1v) is 13.2. The Hall–Kier alpha value is -3.84. The minimum atomic E-state index is -0.537. The van der Waals surface area contributed by atoms with Gasteiger partial charge in [-0.25, -0.2) is 9.79 Å². The van der Waals surface area contributed by atoms with Crippen molar-refractivity contribution in [1.82, 2.24) is 0 Å². The molecule has 1 amide bonds. The van der Waals surface area contributed by atoms with Crippen LogP contribution in [0, 0.1) is 13.8 Å². The molecule has 1 N–H and O–H groups in total. The SMILES string of the molecule is CCOC(=O)C1=C(C)N(c2ccccc2)C(SCC(=O)Nc2ccc(C)c(C)c2)=N[C@@H]1c1ccccc1. The second-order valence-electron chi connectivity index (χ2n) is 8.75. The number of carbonyl (C=O) groups is 2. The predicted octanol–water partition coefficient (Wildman–Crippen LogP) is 6.43. The van der Waals surface area contributed by atoms with Gasteiger partial charge in [0.2, 0.25) is 5.91 Å². The average Bonchev–Trinajstić information content (AvgIpc) is 2.90. The number of nitrogens with one attached hydrogen (secondary N) is 1. The van der Waals surface area contributed by atoms with Crippen molar-refractivity contribution in [2.45, 2.75) is 33.7 Å². The molecule has 0 aliphatic carbocycles. The lowest BCUT2D eigenvalue weighted by Crippen LogP contribution is -2.36. The number of hydrogen-bond donors (Lipinski definition) is 1. The van der Waals surface area contributed by atoms with Gasteiger partial charge in [0.25, 0.3) is 0 Å². The Kier molecular flexibility index (Phi) is 8.46. The number of hydrogen-bond acceptors (Lipinski definition) is 6. The molecule has 0 bridgehead atoms. The second-order valence-corrected chi connectivity index (χ2v) is 9.69. The summed E-state index contributed by atoms with van der Waals surface area (Å²) in [7, 11) is 0. The highest BCUT2D eigenvalue weighted by Crippen LogP contribution is 2.39. The number of carbonyl (C=O) groups excluding carboxylic acids is 2. The van der Waals surface area contributed by atoms with Gasteiger partial charge in [-0.05, 0) is 68.7 Å². The molecule has 1 atom stereocenters. The van der Waals surface area contributed by atoms with Crippen molar-refractivity contribution in [3.63, 3.8) is 0 Å². The van der Waals surface area contributed by atoms with E-state index in [1.54, 1.807) is 6.92 Å². The number of benzene rings is 3. The molecule has 7 heteroatoms. The van der Waals surface area contributed by atoms with E-state index in [2.05, 4.69) is 5.32 Å². The van der Waals surface area contributed by atoms with E-state index in [4.69, 9.17) is 9.73 Å². The number of thioether (sulfide) groups is 1. The summed E-state index contributed by atoms with van der Waals surface area (Å²) in [5.74, 6) is -0.355. The van der Waals surface area contributed by atoms with Crippen LogP contribution in [0.3, 0.4) is 0 Å². The topological polar surface area (TPSA) is 71.0 Å². The molecule has 37 heavy (non-hydrogen) atoms. The molecule has 3 aromatic rings. The number of nitrogens with zero attached hydrogens (tertiary/aromatic N) is 2. The number of esters is 1. The number of aryl methyl sites for hydroxylation is 2. The second kappa shape index (κ2) is 11.9. The standard InChI is InChI=1S/C30H31N3O3S/c1-5-36-29(35)27-22(4)33(25-14-10-7-11-15-25)30(32-28(27)23-12-8-6-9-13-23)37-19-26(34)31-24-17-16-20(2)21(3)18-24/h6-18,28H,5,19H2,1-4H3,(H,31,34)/t28-/m1/s1. The largest absolute Gasteiger partial charge is 0.463 e. The zero-order chi connectivity index (χ0) is 26.4. The lowest BCUT2D eigenvalue weighted by atomic mass is 9.96. The number of amides is 1. The summed E-state index contributed by atoms with van der Waals surface area (Å²) in [6, 6.07) is 24.7. The molecule has 0 saturated carbocycles. The van der Waals surface area contributed by atoms with Gasteiger partial charge in [-0.3, -0.25) is 9.69 Å². The van der Waals surface area contributed by atoms with E-state index in [1.165, 1.54) is 17.3 Å². The Morgan fingerprint density at radius 3 is 2.27 bits per heavy atom. The molecule has 1 heterocycles. The Morgan fingerprint density at radius 2 is 1.62 bits per heavy atom. The third kappa shape index (κ3) is 6.12. The molecule has 6 nitrogen and oxygen atoms in total. The molecule has 0 spiro atoms. The summed E-state index contributed by atoms with van der Waals surface area (Å²) in [6.07, 6.45) is 0. The monoisotopic (exact) mass is 513 g/mol. The summed E-state index contributed by atoms with van der Waals surface area (Å²) in [5, 5.41) is 3.62. The maximum absolute atomic E-state index is 13.1. The van der Waals surface area contributed by atoms with Crippen LogP contribution < -0.4 is 10.2 Å². The molecule has 0 fully saturated rings. The normalized spacial score (nSPS) is 15.3. The number of aliphatic imine (C=N–C) groups is 1. The maximum Gasteiger partial charge on any atom is 0.338 e. The zero-order valence-electron chi connectivity index (χ0n) is 21.5. The van der Waals surface area contributed by atoms with Gasteiger partial charge in [0.15, 0.2) is 5.17 Å². The minimum absolute atomic E-state index is 0.127. The summed E-state index contributed by atoms with van der Waals surface area (Å²) in [4.78, 5) is 33.0. The number of anilines is 2. The smallest absolute Gasteiger partial charge is 0.338 e. The molecule has 4 rings (SSSR count). The Morgan fingerprint density at radius 1 is 0.946 bits per heavy atom. The van der Waals surface area contributed by atoms with Crippen LogP contribution in [0.5, 0.6) is 0 Å². The molecular formula is C30H31N3O3S. The number of ether oxygens (including phenoxy) is 1. The van der Waals surface area contributed by atoms with Gasteiger partial charge in [0, 0.05) is 17.1 Å². The summed E-state index contributed by atoms with van der Waals surface area (Å²) in [6.45, 7) is 8.03. The highest BCUT2D eigenvalue weighted by molar-refractivity contribution is 8.14. The van der Waals surface area contributed by atoms with Crippen LogP contribution >= 0.6 is 11.8 Å². The van der Waals surface area contributed by atoms with Crippen molar-refractivity contribution in [2.24, 2.45) is 4.99 Å². The molecule has 0 radical (unpaired) electrons. The predicted molar refractivity (Wildman–Crippen MR) is 152 cm³/mol. The van der Waals surface area contributed by atoms with E-state index < -0.39 is 12.0 Å². The van der Waals surface area contributed by atoms with E-state index >= 15 is 0 Å². The Bertz CT molecular complexity index is 1340. The van der Waals surface area contributed by atoms with Crippen molar-refractivity contribution < 1.29 is 14.3 Å². The van der Waals surface area contributed by atoms with E-state index in [9.17, 15) is 9.59 Å². The lowest BCUT2D eigenvalue weighted by Gasteiger charge is -2.34. The Labute approximate surface area is 222 Å². The van der Waals surface area contributed by atoms with Gasteiger partial charge in [-0.15, -0.1) is 0 Å². The van der Waals surface area contributed by atoms with Crippen LogP contribution in [0.15, 0.2) is 95.1 Å². The first-order valence-electron chi connectivity index (χ1n) is 12.2. The van der Waals surface area contributed by atoms with Gasteiger partial charge >= 0.3 is 5.97 Å². The van der Waals surface area contributed by atoms with Crippen LogP contribution in [-0.4, -0.2) is 29.4 Å². The fourth-order valence-corrected chi connectivity index (χ4v) is 5.05. The maximum atomic E-state index is 13.1. The van der Waals surface area contributed by atoms with Crippen molar-refractivity contribution in [2.75, 3.05) is 22.6 Å². The average molecular weight is 514 g/mol. The molecule has 190 valence electrons. The van der Waals surface area contributed by atoms with Crippen LogP contribution in [0.1, 0.15) is 36.6 Å². The third-order valence-corrected chi connectivity index (χ3v) is 7.13. The van der Waals surface area contributed by atoms with Crippen LogP contribution in [0.2, 0.25) is 0 Å². The molecule has 0 aromatic heterocycles. The molecule has 1 aliphatic heterocycles. The first kappa shape index (κ1) is 26.2. The van der Waals surface area contributed by atoms with Gasteiger partial charge in [0.1, 0.15) is 6.04 Å². The van der Waals surface area contributed by atoms with Gasteiger partial charge in [-0.1, -0.05) is 66.4 Å². The van der Waals surface area contributed by atoms with Gasteiger partial charge in [-0.2, -0.15) is 0 Å². The van der Waals surface area contributed by atoms with Crippen molar-refractivity contribution in [3.05, 3.63) is 107 Å². The quantitative estimate of drug-likeness (QED) is 0.369. The molecular weight excluding hydrogens is 482 g/mol. The summed E-state index contributed by atoms with van der Waals surface area (Å²) >= 11 is 1.34. The van der Waals surface area contributed by atoms with Crippen molar-refractivity contribution >= 4 is 40.2 Å². The fraction of sp³-hybridized carbons (Fsp3) is 0.233. The lowest BCUT2D eigenvalue weighted by molar-refractivity contribution is -0.138. The molecule has 0 saturated heterocycles. The Balaban J connectivity index is 1.68. The first-order chi connectivity index (χ1) is 17.9. The van der Waals surface area contributed by atoms with Crippen molar-refractivity contribution in [1.29, 1.82) is 0 Å².